The molecule has 1 saturated heterocycles. The maximum Gasteiger partial charge on any atom is 0.305 e. The van der Waals surface area contributed by atoms with Crippen molar-refractivity contribution < 1.29 is 19.1 Å². The van der Waals surface area contributed by atoms with Crippen LogP contribution in [0.15, 0.2) is 18.2 Å². The van der Waals surface area contributed by atoms with Gasteiger partial charge in [-0.1, -0.05) is 6.07 Å². The summed E-state index contributed by atoms with van der Waals surface area (Å²) in [6, 6.07) is 3.65. The van der Waals surface area contributed by atoms with Gasteiger partial charge < -0.3 is 10.0 Å². The number of amides is 1. The molecule has 7 heteroatoms. The molecule has 1 aromatic heterocycles. The Hall–Kier alpha value is -1.63. The molecule has 1 aromatic rings. The van der Waals surface area contributed by atoms with Gasteiger partial charge in [-0.15, -0.1) is 0 Å². The number of carbonyl (C=O) groups excluding carboxylic acids is 1. The molecule has 1 aliphatic rings. The van der Waals surface area contributed by atoms with Gasteiger partial charge in [-0.3, -0.25) is 9.59 Å². The molecule has 1 amide bonds. The molecule has 1 N–H and O–H groups in total. The predicted molar refractivity (Wildman–Crippen MR) is 68.6 cm³/mol. The number of halogens is 1. The molecule has 102 valence electrons. The van der Waals surface area contributed by atoms with Crippen molar-refractivity contribution in [3.63, 3.8) is 0 Å². The quantitative estimate of drug-likeness (QED) is 0.846. The van der Waals surface area contributed by atoms with Gasteiger partial charge in [0.2, 0.25) is 5.95 Å². The summed E-state index contributed by atoms with van der Waals surface area (Å²) >= 11 is 1.61. The number of hydrogen-bond acceptors (Lipinski definition) is 4. The van der Waals surface area contributed by atoms with Crippen LogP contribution in [0.5, 0.6) is 0 Å². The summed E-state index contributed by atoms with van der Waals surface area (Å²) in [6.07, 6.45) is -0.103. The molecule has 0 spiro atoms. The standard InChI is InChI=1S/C12H13FN2O3S/c13-10-3-1-2-9(14-10)12(18)15-4-5-19-7-8(15)6-11(16)17/h1-3,8H,4-7H2,(H,16,17). The van der Waals surface area contributed by atoms with E-state index in [9.17, 15) is 14.0 Å². The molecule has 5 nitrogen and oxygen atoms in total. The normalized spacial score (nSPS) is 19.2. The van der Waals surface area contributed by atoms with E-state index >= 15 is 0 Å². The first-order chi connectivity index (χ1) is 9.08. The summed E-state index contributed by atoms with van der Waals surface area (Å²) in [5.41, 5.74) is 0.0160. The molecule has 1 atom stereocenters. The molecule has 0 bridgehead atoms. The second-order valence-corrected chi connectivity index (χ2v) is 5.32. The number of aliphatic carboxylic acids is 1. The maximum absolute atomic E-state index is 13.0. The fourth-order valence-electron chi connectivity index (χ4n) is 1.97. The van der Waals surface area contributed by atoms with Crippen molar-refractivity contribution in [2.75, 3.05) is 18.1 Å². The van der Waals surface area contributed by atoms with Crippen LogP contribution in [0.2, 0.25) is 0 Å². The molecule has 1 fully saturated rings. The van der Waals surface area contributed by atoms with Gasteiger partial charge in [-0.2, -0.15) is 16.2 Å². The van der Waals surface area contributed by atoms with Crippen LogP contribution >= 0.6 is 11.8 Å². The zero-order chi connectivity index (χ0) is 13.8. The Morgan fingerprint density at radius 3 is 3.00 bits per heavy atom. The van der Waals surface area contributed by atoms with E-state index in [1.54, 1.807) is 11.8 Å². The minimum atomic E-state index is -0.947. The summed E-state index contributed by atoms with van der Waals surface area (Å²) in [7, 11) is 0. The molecule has 1 aliphatic heterocycles. The molecule has 2 heterocycles. The minimum absolute atomic E-state index is 0.0160. The van der Waals surface area contributed by atoms with Gasteiger partial charge in [0.1, 0.15) is 5.69 Å². The van der Waals surface area contributed by atoms with E-state index in [2.05, 4.69) is 4.98 Å². The molecule has 0 aliphatic carbocycles. The molecule has 0 saturated carbocycles. The van der Waals surface area contributed by atoms with Crippen LogP contribution in [-0.2, 0) is 4.79 Å². The van der Waals surface area contributed by atoms with Crippen LogP contribution in [-0.4, -0.2) is 51.0 Å². The van der Waals surface area contributed by atoms with E-state index in [0.29, 0.717) is 12.3 Å². The fourth-order valence-corrected chi connectivity index (χ4v) is 3.03. The van der Waals surface area contributed by atoms with Crippen molar-refractivity contribution >= 4 is 23.6 Å². The van der Waals surface area contributed by atoms with Crippen molar-refractivity contribution in [1.82, 2.24) is 9.88 Å². The highest BCUT2D eigenvalue weighted by atomic mass is 32.2. The average molecular weight is 284 g/mol. The van der Waals surface area contributed by atoms with Crippen LogP contribution < -0.4 is 0 Å². The number of carbonyl (C=O) groups is 2. The van der Waals surface area contributed by atoms with Crippen LogP contribution in [0.4, 0.5) is 4.39 Å². The lowest BCUT2D eigenvalue weighted by molar-refractivity contribution is -0.138. The second-order valence-electron chi connectivity index (χ2n) is 4.17. The summed E-state index contributed by atoms with van der Waals surface area (Å²) in [5.74, 6) is -0.750. The Bertz CT molecular complexity index is 498. The van der Waals surface area contributed by atoms with E-state index in [4.69, 9.17) is 5.11 Å². The number of nitrogens with zero attached hydrogens (tertiary/aromatic N) is 2. The molecule has 0 aromatic carbocycles. The summed E-state index contributed by atoms with van der Waals surface area (Å²) in [5, 5.41) is 8.86. The van der Waals surface area contributed by atoms with Crippen molar-refractivity contribution in [1.29, 1.82) is 0 Å². The highest BCUT2D eigenvalue weighted by Gasteiger charge is 2.30. The first-order valence-corrected chi connectivity index (χ1v) is 6.96. The largest absolute Gasteiger partial charge is 0.481 e. The van der Waals surface area contributed by atoms with Gasteiger partial charge in [-0.25, -0.2) is 4.98 Å². The zero-order valence-electron chi connectivity index (χ0n) is 10.1. The van der Waals surface area contributed by atoms with Gasteiger partial charge >= 0.3 is 5.97 Å². The maximum atomic E-state index is 13.0. The Labute approximate surface area is 113 Å². The SMILES string of the molecule is O=C(O)CC1CSCCN1C(=O)c1cccc(F)n1. The third-order valence-electron chi connectivity index (χ3n) is 2.83. The fraction of sp³-hybridized carbons (Fsp3) is 0.417. The van der Waals surface area contributed by atoms with Gasteiger partial charge in [0, 0.05) is 18.1 Å². The topological polar surface area (TPSA) is 70.5 Å². The Morgan fingerprint density at radius 1 is 1.53 bits per heavy atom. The highest BCUT2D eigenvalue weighted by molar-refractivity contribution is 7.99. The first kappa shape index (κ1) is 13.8. The van der Waals surface area contributed by atoms with E-state index < -0.39 is 17.8 Å². The number of pyridine rings is 1. The zero-order valence-corrected chi connectivity index (χ0v) is 10.9. The van der Waals surface area contributed by atoms with Gasteiger partial charge in [-0.05, 0) is 12.1 Å². The number of hydrogen-bond donors (Lipinski definition) is 1. The number of carboxylic acid groups (broad SMARTS) is 1. The number of carboxylic acids is 1. The third-order valence-corrected chi connectivity index (χ3v) is 3.92. The van der Waals surface area contributed by atoms with Gasteiger partial charge in [0.25, 0.3) is 5.91 Å². The summed E-state index contributed by atoms with van der Waals surface area (Å²) < 4.78 is 13.0. The molecular formula is C12H13FN2O3S. The molecule has 1 unspecified atom stereocenters. The molecule has 19 heavy (non-hydrogen) atoms. The van der Waals surface area contributed by atoms with Crippen LogP contribution in [0, 0.1) is 5.95 Å². The predicted octanol–water partition coefficient (Wildman–Crippen LogP) is 1.25. The van der Waals surface area contributed by atoms with Gasteiger partial charge in [0.05, 0.1) is 12.5 Å². The van der Waals surface area contributed by atoms with E-state index in [0.717, 1.165) is 11.8 Å². The smallest absolute Gasteiger partial charge is 0.305 e. The minimum Gasteiger partial charge on any atom is -0.481 e. The first-order valence-electron chi connectivity index (χ1n) is 5.81. The second kappa shape index (κ2) is 6.01. The lowest BCUT2D eigenvalue weighted by Crippen LogP contribution is -2.47. The number of aromatic nitrogens is 1. The highest BCUT2D eigenvalue weighted by Crippen LogP contribution is 2.20. The Morgan fingerprint density at radius 2 is 2.32 bits per heavy atom. The lowest BCUT2D eigenvalue weighted by Gasteiger charge is -2.34. The molecule has 2 rings (SSSR count). The Kier molecular flexibility index (Phi) is 4.36. The van der Waals surface area contributed by atoms with Crippen LogP contribution in [0.1, 0.15) is 16.9 Å². The lowest BCUT2D eigenvalue weighted by atomic mass is 10.1. The van der Waals surface area contributed by atoms with Crippen LogP contribution in [0.3, 0.4) is 0 Å². The van der Waals surface area contributed by atoms with Crippen molar-refractivity contribution in [2.24, 2.45) is 0 Å². The van der Waals surface area contributed by atoms with E-state index in [1.165, 1.54) is 17.0 Å². The van der Waals surface area contributed by atoms with Gasteiger partial charge in [0.15, 0.2) is 0 Å². The average Bonchev–Trinajstić information content (AvgIpc) is 2.38. The molecule has 0 radical (unpaired) electrons. The number of thioether (sulfide) groups is 1. The van der Waals surface area contributed by atoms with Crippen molar-refractivity contribution in [3.05, 3.63) is 29.8 Å². The van der Waals surface area contributed by atoms with E-state index in [-0.39, 0.29) is 18.2 Å². The number of rotatable bonds is 3. The monoisotopic (exact) mass is 284 g/mol. The summed E-state index contributed by atoms with van der Waals surface area (Å²) in [6.45, 7) is 0.458. The van der Waals surface area contributed by atoms with Crippen molar-refractivity contribution in [2.45, 2.75) is 12.5 Å². The Balaban J connectivity index is 2.17. The molecular weight excluding hydrogens is 271 g/mol. The van der Waals surface area contributed by atoms with Crippen molar-refractivity contribution in [3.8, 4) is 0 Å². The third kappa shape index (κ3) is 3.44. The summed E-state index contributed by atoms with van der Waals surface area (Å²) in [4.78, 5) is 28.1. The van der Waals surface area contributed by atoms with Crippen LogP contribution in [0.25, 0.3) is 0 Å². The van der Waals surface area contributed by atoms with E-state index in [1.807, 2.05) is 0 Å².